The van der Waals surface area contributed by atoms with Crippen LogP contribution in [-0.2, 0) is 0 Å². The lowest BCUT2D eigenvalue weighted by Gasteiger charge is -2.18. The van der Waals surface area contributed by atoms with E-state index in [4.69, 9.17) is 5.73 Å². The van der Waals surface area contributed by atoms with Gasteiger partial charge in [0.25, 0.3) is 0 Å². The summed E-state index contributed by atoms with van der Waals surface area (Å²) in [6.45, 7) is 1.97. The number of rotatable bonds is 1. The molecule has 0 amide bonds. The molecule has 1 heterocycles. The van der Waals surface area contributed by atoms with E-state index in [9.17, 15) is 0 Å². The minimum atomic E-state index is 0.796. The summed E-state index contributed by atoms with van der Waals surface area (Å²) in [6.07, 6.45) is 4.33. The molecule has 1 aromatic rings. The van der Waals surface area contributed by atoms with Crippen LogP contribution in [0.25, 0.3) is 0 Å². The summed E-state index contributed by atoms with van der Waals surface area (Å²) < 4.78 is 0.961. The molecular weight excluding hydrogens is 228 g/mol. The number of nitrogens with two attached hydrogens (primary N) is 1. The Morgan fingerprint density at radius 3 is 2.54 bits per heavy atom. The highest BCUT2D eigenvalue weighted by molar-refractivity contribution is 9.10. The van der Waals surface area contributed by atoms with Gasteiger partial charge in [-0.15, -0.1) is 0 Å². The van der Waals surface area contributed by atoms with E-state index in [2.05, 4.69) is 39.0 Å². The van der Waals surface area contributed by atoms with Crippen LogP contribution < -0.4 is 10.6 Å². The number of anilines is 2. The second-order valence-corrected chi connectivity index (χ2v) is 3.94. The fraction of sp³-hybridized carbons (Fsp3) is 0.200. The normalized spacial score (nSPS) is 15.3. The topological polar surface area (TPSA) is 29.3 Å². The van der Waals surface area contributed by atoms with Gasteiger partial charge in [0, 0.05) is 28.9 Å². The third kappa shape index (κ3) is 1.70. The third-order valence-electron chi connectivity index (χ3n) is 2.16. The Bertz CT molecular complexity index is 339. The van der Waals surface area contributed by atoms with Gasteiger partial charge in [-0.1, -0.05) is 12.2 Å². The minimum Gasteiger partial charge on any atom is -0.398 e. The average molecular weight is 239 g/mol. The van der Waals surface area contributed by atoms with Crippen LogP contribution in [0.5, 0.6) is 0 Å². The molecule has 1 aliphatic heterocycles. The molecule has 0 bridgehead atoms. The highest BCUT2D eigenvalue weighted by Gasteiger charge is 2.08. The number of nitrogens with zero attached hydrogens (tertiary/aromatic N) is 1. The van der Waals surface area contributed by atoms with Gasteiger partial charge in [0.1, 0.15) is 0 Å². The van der Waals surface area contributed by atoms with Crippen LogP contribution in [0.4, 0.5) is 11.4 Å². The zero-order valence-electron chi connectivity index (χ0n) is 7.20. The first-order chi connectivity index (χ1) is 6.27. The zero-order chi connectivity index (χ0) is 9.26. The van der Waals surface area contributed by atoms with Crippen LogP contribution in [0.1, 0.15) is 0 Å². The Balaban J connectivity index is 2.26. The van der Waals surface area contributed by atoms with Gasteiger partial charge in [-0.05, 0) is 34.1 Å². The number of benzene rings is 1. The summed E-state index contributed by atoms with van der Waals surface area (Å²) in [5.74, 6) is 0. The SMILES string of the molecule is Nc1cc(N2CC=CC2)ccc1Br. The first-order valence-corrected chi connectivity index (χ1v) is 5.01. The molecule has 0 unspecified atom stereocenters. The predicted molar refractivity (Wildman–Crippen MR) is 59.9 cm³/mol. The molecule has 3 heteroatoms. The van der Waals surface area contributed by atoms with Crippen LogP contribution in [0.3, 0.4) is 0 Å². The molecular formula is C10H11BrN2. The molecule has 68 valence electrons. The van der Waals surface area contributed by atoms with Crippen molar-refractivity contribution in [3.05, 3.63) is 34.8 Å². The molecule has 0 fully saturated rings. The summed E-state index contributed by atoms with van der Waals surface area (Å²) in [6, 6.07) is 6.06. The van der Waals surface area contributed by atoms with E-state index in [1.54, 1.807) is 0 Å². The van der Waals surface area contributed by atoms with Crippen molar-refractivity contribution in [1.82, 2.24) is 0 Å². The standard InChI is InChI=1S/C10H11BrN2/c11-9-4-3-8(7-10(9)12)13-5-1-2-6-13/h1-4,7H,5-6,12H2. The van der Waals surface area contributed by atoms with Crippen molar-refractivity contribution in [2.75, 3.05) is 23.7 Å². The lowest BCUT2D eigenvalue weighted by molar-refractivity contribution is 1.01. The van der Waals surface area contributed by atoms with E-state index in [-0.39, 0.29) is 0 Å². The van der Waals surface area contributed by atoms with E-state index in [0.29, 0.717) is 0 Å². The Morgan fingerprint density at radius 1 is 1.23 bits per heavy atom. The van der Waals surface area contributed by atoms with Gasteiger partial charge in [0.05, 0.1) is 0 Å². The van der Waals surface area contributed by atoms with Crippen molar-refractivity contribution >= 4 is 27.3 Å². The summed E-state index contributed by atoms with van der Waals surface area (Å²) in [5.41, 5.74) is 7.78. The van der Waals surface area contributed by atoms with Crippen molar-refractivity contribution < 1.29 is 0 Å². The molecule has 0 aliphatic carbocycles. The van der Waals surface area contributed by atoms with E-state index in [1.165, 1.54) is 5.69 Å². The minimum absolute atomic E-state index is 0.796. The maximum atomic E-state index is 5.79. The Kier molecular flexibility index (Phi) is 2.27. The van der Waals surface area contributed by atoms with Gasteiger partial charge in [0.15, 0.2) is 0 Å². The molecule has 0 spiro atoms. The van der Waals surface area contributed by atoms with Gasteiger partial charge in [-0.2, -0.15) is 0 Å². The van der Waals surface area contributed by atoms with Crippen molar-refractivity contribution in [2.45, 2.75) is 0 Å². The lowest BCUT2D eigenvalue weighted by Crippen LogP contribution is -2.18. The number of hydrogen-bond donors (Lipinski definition) is 1. The highest BCUT2D eigenvalue weighted by Crippen LogP contribution is 2.26. The van der Waals surface area contributed by atoms with Crippen LogP contribution in [0.15, 0.2) is 34.8 Å². The van der Waals surface area contributed by atoms with Gasteiger partial charge in [0.2, 0.25) is 0 Å². The smallest absolute Gasteiger partial charge is 0.0479 e. The van der Waals surface area contributed by atoms with Crippen LogP contribution in [0.2, 0.25) is 0 Å². The summed E-state index contributed by atoms with van der Waals surface area (Å²) in [5, 5.41) is 0. The van der Waals surface area contributed by atoms with Crippen molar-refractivity contribution in [3.63, 3.8) is 0 Å². The maximum Gasteiger partial charge on any atom is 0.0479 e. The molecule has 13 heavy (non-hydrogen) atoms. The molecule has 2 rings (SSSR count). The van der Waals surface area contributed by atoms with Crippen LogP contribution in [0, 0.1) is 0 Å². The van der Waals surface area contributed by atoms with Crippen molar-refractivity contribution in [2.24, 2.45) is 0 Å². The Hall–Kier alpha value is -0.960. The number of nitrogen functional groups attached to an aromatic ring is 1. The lowest BCUT2D eigenvalue weighted by atomic mass is 10.2. The largest absolute Gasteiger partial charge is 0.398 e. The molecule has 0 radical (unpaired) electrons. The van der Waals surface area contributed by atoms with E-state index in [1.807, 2.05) is 12.1 Å². The van der Waals surface area contributed by atoms with Gasteiger partial charge < -0.3 is 10.6 Å². The molecule has 1 aromatic carbocycles. The second kappa shape index (κ2) is 3.42. The molecule has 0 aromatic heterocycles. The molecule has 0 saturated heterocycles. The van der Waals surface area contributed by atoms with Crippen LogP contribution in [-0.4, -0.2) is 13.1 Å². The van der Waals surface area contributed by atoms with E-state index < -0.39 is 0 Å². The summed E-state index contributed by atoms with van der Waals surface area (Å²) in [4.78, 5) is 2.27. The van der Waals surface area contributed by atoms with Crippen LogP contribution >= 0.6 is 15.9 Å². The first-order valence-electron chi connectivity index (χ1n) is 4.22. The number of halogens is 1. The quantitative estimate of drug-likeness (QED) is 0.602. The Labute approximate surface area is 86.2 Å². The molecule has 2 nitrogen and oxygen atoms in total. The van der Waals surface area contributed by atoms with E-state index in [0.717, 1.165) is 23.2 Å². The van der Waals surface area contributed by atoms with Gasteiger partial charge >= 0.3 is 0 Å². The molecule has 1 aliphatic rings. The Morgan fingerprint density at radius 2 is 1.92 bits per heavy atom. The van der Waals surface area contributed by atoms with E-state index >= 15 is 0 Å². The molecule has 0 saturated carbocycles. The van der Waals surface area contributed by atoms with Gasteiger partial charge in [-0.25, -0.2) is 0 Å². The fourth-order valence-corrected chi connectivity index (χ4v) is 1.66. The van der Waals surface area contributed by atoms with Crippen molar-refractivity contribution in [3.8, 4) is 0 Å². The third-order valence-corrected chi connectivity index (χ3v) is 2.89. The summed E-state index contributed by atoms with van der Waals surface area (Å²) in [7, 11) is 0. The molecule has 2 N–H and O–H groups in total. The fourth-order valence-electron chi connectivity index (χ4n) is 1.42. The zero-order valence-corrected chi connectivity index (χ0v) is 8.79. The second-order valence-electron chi connectivity index (χ2n) is 3.08. The van der Waals surface area contributed by atoms with Crippen molar-refractivity contribution in [1.29, 1.82) is 0 Å². The predicted octanol–water partition coefficient (Wildman–Crippen LogP) is 2.41. The summed E-state index contributed by atoms with van der Waals surface area (Å²) >= 11 is 3.38. The highest BCUT2D eigenvalue weighted by atomic mass is 79.9. The monoisotopic (exact) mass is 238 g/mol. The first kappa shape index (κ1) is 8.63. The maximum absolute atomic E-state index is 5.79. The number of hydrogen-bond acceptors (Lipinski definition) is 2. The molecule has 0 atom stereocenters. The average Bonchev–Trinajstić information content (AvgIpc) is 2.62. The van der Waals surface area contributed by atoms with Gasteiger partial charge in [-0.3, -0.25) is 0 Å².